The van der Waals surface area contributed by atoms with Gasteiger partial charge in [0.1, 0.15) is 0 Å². The first-order valence-electron chi connectivity index (χ1n) is 5.53. The number of carbonyl (C=O) groups is 1. The molecular weight excluding hydrogens is 188 g/mol. The summed E-state index contributed by atoms with van der Waals surface area (Å²) in [5.41, 5.74) is 0.582. The third-order valence-electron chi connectivity index (χ3n) is 2.36. The minimum absolute atomic E-state index is 0.0248. The SMILES string of the molecule is C=C(C)C(=O)NC(CC)CC[N+](C)(C)C. The molecule has 0 rings (SSSR count). The Kier molecular flexibility index (Phi) is 5.58. The fraction of sp³-hybridized carbons (Fsp3) is 0.750. The van der Waals surface area contributed by atoms with Crippen molar-refractivity contribution < 1.29 is 9.28 Å². The summed E-state index contributed by atoms with van der Waals surface area (Å²) in [6, 6.07) is 0.270. The van der Waals surface area contributed by atoms with E-state index in [9.17, 15) is 4.79 Å². The van der Waals surface area contributed by atoms with Crippen LogP contribution >= 0.6 is 0 Å². The molecule has 0 aromatic rings. The highest BCUT2D eigenvalue weighted by Gasteiger charge is 2.15. The molecule has 0 bridgehead atoms. The van der Waals surface area contributed by atoms with Gasteiger partial charge >= 0.3 is 0 Å². The Bertz CT molecular complexity index is 228. The summed E-state index contributed by atoms with van der Waals surface area (Å²) in [4.78, 5) is 11.4. The smallest absolute Gasteiger partial charge is 0.246 e. The van der Waals surface area contributed by atoms with Crippen molar-refractivity contribution in [2.75, 3.05) is 27.7 Å². The molecule has 88 valence electrons. The van der Waals surface area contributed by atoms with Gasteiger partial charge in [0.05, 0.1) is 27.7 Å². The molecule has 0 aliphatic heterocycles. The Balaban J connectivity index is 4.04. The number of hydrogen-bond acceptors (Lipinski definition) is 1. The van der Waals surface area contributed by atoms with Crippen LogP contribution in [0.1, 0.15) is 26.7 Å². The van der Waals surface area contributed by atoms with Gasteiger partial charge < -0.3 is 9.80 Å². The fourth-order valence-corrected chi connectivity index (χ4v) is 1.23. The van der Waals surface area contributed by atoms with E-state index >= 15 is 0 Å². The van der Waals surface area contributed by atoms with Gasteiger partial charge in [-0.3, -0.25) is 4.79 Å². The Labute approximate surface area is 93.7 Å². The van der Waals surface area contributed by atoms with Crippen LogP contribution in [0.2, 0.25) is 0 Å². The molecule has 3 nitrogen and oxygen atoms in total. The lowest BCUT2D eigenvalue weighted by molar-refractivity contribution is -0.870. The number of amides is 1. The Morgan fingerprint density at radius 2 is 1.93 bits per heavy atom. The topological polar surface area (TPSA) is 29.1 Å². The largest absolute Gasteiger partial charge is 0.349 e. The van der Waals surface area contributed by atoms with Gasteiger partial charge in [-0.25, -0.2) is 0 Å². The highest BCUT2D eigenvalue weighted by atomic mass is 16.1. The summed E-state index contributed by atoms with van der Waals surface area (Å²) in [6.07, 6.45) is 1.98. The van der Waals surface area contributed by atoms with Crippen LogP contribution in [-0.2, 0) is 4.79 Å². The zero-order valence-corrected chi connectivity index (χ0v) is 10.8. The van der Waals surface area contributed by atoms with Crippen molar-refractivity contribution >= 4 is 5.91 Å². The van der Waals surface area contributed by atoms with Crippen molar-refractivity contribution in [3.8, 4) is 0 Å². The lowest BCUT2D eigenvalue weighted by atomic mass is 10.1. The molecule has 0 aromatic carbocycles. The molecule has 0 spiro atoms. The summed E-state index contributed by atoms with van der Waals surface area (Å²) < 4.78 is 0.930. The summed E-state index contributed by atoms with van der Waals surface area (Å²) in [6.45, 7) is 8.53. The average Bonchev–Trinajstić information content (AvgIpc) is 2.10. The van der Waals surface area contributed by atoms with Crippen molar-refractivity contribution in [3.63, 3.8) is 0 Å². The van der Waals surface area contributed by atoms with E-state index in [4.69, 9.17) is 0 Å². The summed E-state index contributed by atoms with van der Waals surface area (Å²) >= 11 is 0. The maximum absolute atomic E-state index is 11.4. The van der Waals surface area contributed by atoms with Crippen LogP contribution < -0.4 is 5.32 Å². The second-order valence-electron chi connectivity index (χ2n) is 5.16. The number of hydrogen-bond donors (Lipinski definition) is 1. The normalized spacial score (nSPS) is 13.4. The van der Waals surface area contributed by atoms with E-state index in [0.29, 0.717) is 5.57 Å². The highest BCUT2D eigenvalue weighted by Crippen LogP contribution is 2.03. The van der Waals surface area contributed by atoms with Crippen LogP contribution in [0, 0.1) is 0 Å². The summed E-state index contributed by atoms with van der Waals surface area (Å²) in [7, 11) is 6.48. The maximum Gasteiger partial charge on any atom is 0.246 e. The first-order valence-corrected chi connectivity index (χ1v) is 5.53. The molecule has 0 aromatic heterocycles. The fourth-order valence-electron chi connectivity index (χ4n) is 1.23. The molecule has 0 saturated heterocycles. The molecule has 3 heteroatoms. The predicted molar refractivity (Wildman–Crippen MR) is 64.6 cm³/mol. The molecule has 1 unspecified atom stereocenters. The average molecular weight is 213 g/mol. The van der Waals surface area contributed by atoms with E-state index in [1.807, 2.05) is 0 Å². The van der Waals surface area contributed by atoms with Gasteiger partial charge in [0.2, 0.25) is 5.91 Å². The number of carbonyl (C=O) groups excluding carboxylic acids is 1. The van der Waals surface area contributed by atoms with Crippen molar-refractivity contribution in [1.29, 1.82) is 0 Å². The summed E-state index contributed by atoms with van der Waals surface area (Å²) in [5, 5.41) is 2.99. The lowest BCUT2D eigenvalue weighted by Gasteiger charge is -2.26. The zero-order valence-electron chi connectivity index (χ0n) is 10.8. The number of nitrogens with one attached hydrogen (secondary N) is 1. The maximum atomic E-state index is 11.4. The molecule has 15 heavy (non-hydrogen) atoms. The molecule has 1 amide bonds. The lowest BCUT2D eigenvalue weighted by Crippen LogP contribution is -2.41. The van der Waals surface area contributed by atoms with Gasteiger partial charge in [-0.2, -0.15) is 0 Å². The van der Waals surface area contributed by atoms with Crippen LogP contribution in [0.25, 0.3) is 0 Å². The van der Waals surface area contributed by atoms with Gasteiger partial charge in [0.25, 0.3) is 0 Å². The second kappa shape index (κ2) is 5.91. The molecule has 0 aliphatic carbocycles. The minimum Gasteiger partial charge on any atom is -0.349 e. The minimum atomic E-state index is -0.0248. The molecule has 0 radical (unpaired) electrons. The zero-order chi connectivity index (χ0) is 12.1. The summed E-state index contributed by atoms with van der Waals surface area (Å²) in [5.74, 6) is -0.0248. The Morgan fingerprint density at radius 1 is 1.40 bits per heavy atom. The van der Waals surface area contributed by atoms with E-state index < -0.39 is 0 Å². The molecule has 0 aliphatic rings. The van der Waals surface area contributed by atoms with Crippen LogP contribution in [0.5, 0.6) is 0 Å². The van der Waals surface area contributed by atoms with Crippen LogP contribution in [0.4, 0.5) is 0 Å². The highest BCUT2D eigenvalue weighted by molar-refractivity contribution is 5.92. The van der Waals surface area contributed by atoms with Crippen molar-refractivity contribution in [2.45, 2.75) is 32.7 Å². The number of nitrogens with zero attached hydrogens (tertiary/aromatic N) is 1. The molecule has 0 heterocycles. The van der Waals surface area contributed by atoms with Gasteiger partial charge in [-0.05, 0) is 13.3 Å². The van der Waals surface area contributed by atoms with Gasteiger partial charge in [0.15, 0.2) is 0 Å². The van der Waals surface area contributed by atoms with Crippen LogP contribution in [0.3, 0.4) is 0 Å². The quantitative estimate of drug-likeness (QED) is 0.526. The van der Waals surface area contributed by atoms with E-state index in [2.05, 4.69) is 40.0 Å². The second-order valence-corrected chi connectivity index (χ2v) is 5.16. The van der Waals surface area contributed by atoms with E-state index in [-0.39, 0.29) is 11.9 Å². The third kappa shape index (κ3) is 7.14. The first-order chi connectivity index (χ1) is 6.76. The molecule has 1 atom stereocenters. The van der Waals surface area contributed by atoms with Crippen LogP contribution in [-0.4, -0.2) is 44.1 Å². The molecular formula is C12H25N2O+. The molecule has 0 fully saturated rings. The van der Waals surface area contributed by atoms with E-state index in [1.165, 1.54) is 0 Å². The predicted octanol–water partition coefficient (Wildman–Crippen LogP) is 1.55. The van der Waals surface area contributed by atoms with Gasteiger partial charge in [0, 0.05) is 18.0 Å². The first kappa shape index (κ1) is 14.2. The molecule has 0 saturated carbocycles. The van der Waals surface area contributed by atoms with Gasteiger partial charge in [-0.1, -0.05) is 13.5 Å². The standard InChI is InChI=1S/C12H24N2O/c1-7-11(8-9-14(4,5)6)13-12(15)10(2)3/h11H,2,7-9H2,1,3-6H3/p+1. The number of quaternary nitrogens is 1. The van der Waals surface area contributed by atoms with Crippen LogP contribution in [0.15, 0.2) is 12.2 Å². The van der Waals surface area contributed by atoms with Crippen molar-refractivity contribution in [3.05, 3.63) is 12.2 Å². The van der Waals surface area contributed by atoms with Crippen molar-refractivity contribution in [2.24, 2.45) is 0 Å². The van der Waals surface area contributed by atoms with Crippen molar-refractivity contribution in [1.82, 2.24) is 5.32 Å². The number of rotatable bonds is 6. The Hall–Kier alpha value is -0.830. The van der Waals surface area contributed by atoms with E-state index in [0.717, 1.165) is 23.9 Å². The monoisotopic (exact) mass is 213 g/mol. The van der Waals surface area contributed by atoms with Gasteiger partial charge in [-0.15, -0.1) is 0 Å². The Morgan fingerprint density at radius 3 is 2.27 bits per heavy atom. The van der Waals surface area contributed by atoms with E-state index in [1.54, 1.807) is 6.92 Å². The third-order valence-corrected chi connectivity index (χ3v) is 2.36. The molecule has 1 N–H and O–H groups in total.